The molecule has 1 fully saturated rings. The molecule has 0 unspecified atom stereocenters. The van der Waals surface area contributed by atoms with E-state index >= 15 is 0 Å². The van der Waals surface area contributed by atoms with Crippen LogP contribution in [0.5, 0.6) is 0 Å². The lowest BCUT2D eigenvalue weighted by Gasteiger charge is -2.36. The third-order valence-corrected chi connectivity index (χ3v) is 5.04. The van der Waals surface area contributed by atoms with Gasteiger partial charge in [0, 0.05) is 19.4 Å². The minimum atomic E-state index is -0.380. The van der Waals surface area contributed by atoms with Gasteiger partial charge in [0.05, 0.1) is 12.0 Å². The SMILES string of the molecule is Cc1cccc(C2(C(=O)NCc3nccn3C)CCCCC2)c1. The van der Waals surface area contributed by atoms with Crippen molar-refractivity contribution >= 4 is 5.91 Å². The lowest BCUT2D eigenvalue weighted by molar-refractivity contribution is -0.128. The Bertz CT molecular complexity index is 683. The highest BCUT2D eigenvalue weighted by atomic mass is 16.2. The van der Waals surface area contributed by atoms with Crippen molar-refractivity contribution in [2.75, 3.05) is 0 Å². The summed E-state index contributed by atoms with van der Waals surface area (Å²) < 4.78 is 1.94. The molecule has 4 nitrogen and oxygen atoms in total. The summed E-state index contributed by atoms with van der Waals surface area (Å²) in [7, 11) is 1.95. The Morgan fingerprint density at radius 3 is 2.74 bits per heavy atom. The van der Waals surface area contributed by atoms with Crippen LogP contribution in [0.15, 0.2) is 36.7 Å². The summed E-state index contributed by atoms with van der Waals surface area (Å²) in [6.45, 7) is 2.57. The predicted molar refractivity (Wildman–Crippen MR) is 91.0 cm³/mol. The van der Waals surface area contributed by atoms with Gasteiger partial charge in [-0.05, 0) is 25.3 Å². The van der Waals surface area contributed by atoms with Gasteiger partial charge in [0.25, 0.3) is 0 Å². The summed E-state index contributed by atoms with van der Waals surface area (Å²) in [5.41, 5.74) is 1.99. The van der Waals surface area contributed by atoms with E-state index in [9.17, 15) is 4.79 Å². The minimum absolute atomic E-state index is 0.144. The van der Waals surface area contributed by atoms with Crippen LogP contribution in [0.2, 0.25) is 0 Å². The highest BCUT2D eigenvalue weighted by molar-refractivity contribution is 5.88. The van der Waals surface area contributed by atoms with Gasteiger partial charge < -0.3 is 9.88 Å². The van der Waals surface area contributed by atoms with E-state index in [0.29, 0.717) is 6.54 Å². The van der Waals surface area contributed by atoms with Crippen molar-refractivity contribution in [1.29, 1.82) is 0 Å². The highest BCUT2D eigenvalue weighted by Crippen LogP contribution is 2.40. The molecule has 2 aromatic rings. The number of carbonyl (C=O) groups is 1. The number of nitrogens with zero attached hydrogens (tertiary/aromatic N) is 2. The number of hydrogen-bond acceptors (Lipinski definition) is 2. The van der Waals surface area contributed by atoms with Crippen LogP contribution in [-0.4, -0.2) is 15.5 Å². The van der Waals surface area contributed by atoms with E-state index in [-0.39, 0.29) is 11.3 Å². The number of benzene rings is 1. The van der Waals surface area contributed by atoms with Crippen molar-refractivity contribution in [2.24, 2.45) is 7.05 Å². The van der Waals surface area contributed by atoms with Crippen molar-refractivity contribution in [2.45, 2.75) is 51.0 Å². The normalized spacial score (nSPS) is 17.0. The molecule has 0 bridgehead atoms. The fourth-order valence-corrected chi connectivity index (χ4v) is 3.64. The van der Waals surface area contributed by atoms with E-state index in [0.717, 1.165) is 37.1 Å². The molecule has 1 amide bonds. The Morgan fingerprint density at radius 2 is 2.09 bits per heavy atom. The molecule has 1 N–H and O–H groups in total. The molecule has 0 aliphatic heterocycles. The summed E-state index contributed by atoms with van der Waals surface area (Å²) in [6, 6.07) is 8.43. The second-order valence-corrected chi connectivity index (χ2v) is 6.65. The van der Waals surface area contributed by atoms with Crippen molar-refractivity contribution in [1.82, 2.24) is 14.9 Å². The zero-order valence-electron chi connectivity index (χ0n) is 14.0. The van der Waals surface area contributed by atoms with Crippen molar-refractivity contribution in [3.63, 3.8) is 0 Å². The maximum absolute atomic E-state index is 13.1. The number of carbonyl (C=O) groups excluding carboxylic acids is 1. The van der Waals surface area contributed by atoms with Crippen LogP contribution in [0, 0.1) is 6.92 Å². The second kappa shape index (κ2) is 6.57. The molecule has 3 rings (SSSR count). The molecule has 1 aromatic carbocycles. The zero-order valence-corrected chi connectivity index (χ0v) is 14.0. The van der Waals surface area contributed by atoms with E-state index in [1.54, 1.807) is 6.20 Å². The number of aryl methyl sites for hydroxylation is 2. The molecule has 0 spiro atoms. The number of nitrogens with one attached hydrogen (secondary N) is 1. The lowest BCUT2D eigenvalue weighted by atomic mass is 9.68. The van der Waals surface area contributed by atoms with Gasteiger partial charge in [-0.2, -0.15) is 0 Å². The zero-order chi connectivity index (χ0) is 16.3. The Balaban J connectivity index is 1.83. The fraction of sp³-hybridized carbons (Fsp3) is 0.474. The van der Waals surface area contributed by atoms with Crippen LogP contribution in [0.3, 0.4) is 0 Å². The monoisotopic (exact) mass is 311 g/mol. The first-order valence-corrected chi connectivity index (χ1v) is 8.43. The molecule has 23 heavy (non-hydrogen) atoms. The standard InChI is InChI=1S/C19H25N3O/c1-15-7-6-8-16(13-15)19(9-4-3-5-10-19)18(23)21-14-17-20-11-12-22(17)2/h6-8,11-13H,3-5,9-10,14H2,1-2H3,(H,21,23). The van der Waals surface area contributed by atoms with Crippen LogP contribution in [0.25, 0.3) is 0 Å². The van der Waals surface area contributed by atoms with E-state index in [2.05, 4.69) is 41.5 Å². The number of hydrogen-bond donors (Lipinski definition) is 1. The van der Waals surface area contributed by atoms with Gasteiger partial charge in [0.1, 0.15) is 5.82 Å². The molecule has 0 atom stereocenters. The third kappa shape index (κ3) is 3.16. The largest absolute Gasteiger partial charge is 0.348 e. The molecule has 0 radical (unpaired) electrons. The third-order valence-electron chi connectivity index (χ3n) is 5.04. The number of rotatable bonds is 4. The Labute approximate surface area is 137 Å². The average molecular weight is 311 g/mol. The average Bonchev–Trinajstić information content (AvgIpc) is 2.98. The first kappa shape index (κ1) is 15.8. The number of aromatic nitrogens is 2. The van der Waals surface area contributed by atoms with E-state index in [1.165, 1.54) is 12.0 Å². The first-order chi connectivity index (χ1) is 11.1. The molecular formula is C19H25N3O. The van der Waals surface area contributed by atoms with Gasteiger partial charge in [-0.15, -0.1) is 0 Å². The molecule has 1 aromatic heterocycles. The number of amides is 1. The molecule has 4 heteroatoms. The van der Waals surface area contributed by atoms with E-state index in [1.807, 2.05) is 17.8 Å². The Morgan fingerprint density at radius 1 is 1.30 bits per heavy atom. The molecule has 1 aliphatic rings. The fourth-order valence-electron chi connectivity index (χ4n) is 3.64. The predicted octanol–water partition coefficient (Wildman–Crippen LogP) is 3.25. The smallest absolute Gasteiger partial charge is 0.231 e. The quantitative estimate of drug-likeness (QED) is 0.942. The maximum atomic E-state index is 13.1. The second-order valence-electron chi connectivity index (χ2n) is 6.65. The van der Waals surface area contributed by atoms with Gasteiger partial charge in [-0.25, -0.2) is 4.98 Å². The Kier molecular flexibility index (Phi) is 4.51. The van der Waals surface area contributed by atoms with Crippen LogP contribution >= 0.6 is 0 Å². The van der Waals surface area contributed by atoms with Crippen molar-refractivity contribution in [3.8, 4) is 0 Å². The van der Waals surface area contributed by atoms with Crippen molar-refractivity contribution in [3.05, 3.63) is 53.6 Å². The molecular weight excluding hydrogens is 286 g/mol. The van der Waals surface area contributed by atoms with Gasteiger partial charge >= 0.3 is 0 Å². The maximum Gasteiger partial charge on any atom is 0.231 e. The van der Waals surface area contributed by atoms with Gasteiger partial charge in [0.15, 0.2) is 0 Å². The summed E-state index contributed by atoms with van der Waals surface area (Å²) in [5.74, 6) is 1.03. The molecule has 1 heterocycles. The summed E-state index contributed by atoms with van der Waals surface area (Å²) in [4.78, 5) is 17.4. The molecule has 1 aliphatic carbocycles. The van der Waals surface area contributed by atoms with E-state index in [4.69, 9.17) is 0 Å². The molecule has 122 valence electrons. The van der Waals surface area contributed by atoms with Crippen molar-refractivity contribution < 1.29 is 4.79 Å². The van der Waals surface area contributed by atoms with Gasteiger partial charge in [-0.3, -0.25) is 4.79 Å². The van der Waals surface area contributed by atoms with Crippen LogP contribution < -0.4 is 5.32 Å². The first-order valence-electron chi connectivity index (χ1n) is 8.43. The lowest BCUT2D eigenvalue weighted by Crippen LogP contribution is -2.45. The number of imidazole rings is 1. The Hall–Kier alpha value is -2.10. The van der Waals surface area contributed by atoms with Crippen LogP contribution in [0.4, 0.5) is 0 Å². The highest BCUT2D eigenvalue weighted by Gasteiger charge is 2.41. The topological polar surface area (TPSA) is 46.9 Å². The summed E-state index contributed by atoms with van der Waals surface area (Å²) >= 11 is 0. The minimum Gasteiger partial charge on any atom is -0.348 e. The molecule has 0 saturated heterocycles. The van der Waals surface area contributed by atoms with Gasteiger partial charge in [0.2, 0.25) is 5.91 Å². The summed E-state index contributed by atoms with van der Waals surface area (Å²) in [5, 5.41) is 3.13. The van der Waals surface area contributed by atoms with Crippen LogP contribution in [0.1, 0.15) is 49.1 Å². The summed E-state index contributed by atoms with van der Waals surface area (Å²) in [6.07, 6.45) is 8.98. The van der Waals surface area contributed by atoms with Crippen LogP contribution in [-0.2, 0) is 23.8 Å². The van der Waals surface area contributed by atoms with E-state index < -0.39 is 0 Å². The van der Waals surface area contributed by atoms with Gasteiger partial charge in [-0.1, -0.05) is 49.1 Å². The molecule has 1 saturated carbocycles.